The number of Topliss-reactive ketones (excluding diaryl/α,β-unsaturated/α-hetero) is 1. The van der Waals surface area contributed by atoms with Crippen LogP contribution < -0.4 is 10.6 Å². The minimum absolute atomic E-state index is 0.00506. The second-order valence-corrected chi connectivity index (χ2v) is 6.31. The molecule has 1 aliphatic carbocycles. The molecule has 2 amide bonds. The van der Waals surface area contributed by atoms with Gasteiger partial charge in [-0.3, -0.25) is 14.4 Å². The number of rotatable bonds is 2. The van der Waals surface area contributed by atoms with Crippen molar-refractivity contribution in [2.24, 2.45) is 11.8 Å². The Morgan fingerprint density at radius 3 is 2.91 bits per heavy atom. The van der Waals surface area contributed by atoms with Gasteiger partial charge in [-0.2, -0.15) is 0 Å². The molecule has 2 atom stereocenters. The normalized spacial score (nSPS) is 23.7. The fourth-order valence-corrected chi connectivity index (χ4v) is 3.31. The van der Waals surface area contributed by atoms with E-state index in [1.54, 1.807) is 18.2 Å². The molecule has 3 rings (SSSR count). The summed E-state index contributed by atoms with van der Waals surface area (Å²) >= 11 is 6.06. The number of ketones is 1. The number of carbonyl (C=O) groups excluding carboxylic acids is 3. The molecule has 1 heterocycles. The second kappa shape index (κ2) is 6.16. The molecule has 23 heavy (non-hydrogen) atoms. The maximum absolute atomic E-state index is 12.7. The van der Waals surface area contributed by atoms with E-state index in [9.17, 15) is 14.4 Å². The predicted molar refractivity (Wildman–Crippen MR) is 86.9 cm³/mol. The molecule has 0 unspecified atom stereocenters. The molecule has 0 bridgehead atoms. The minimum atomic E-state index is -0.679. The van der Waals surface area contributed by atoms with Crippen LogP contribution in [0.3, 0.4) is 0 Å². The van der Waals surface area contributed by atoms with E-state index in [-0.39, 0.29) is 24.0 Å². The molecule has 5 nitrogen and oxygen atoms in total. The van der Waals surface area contributed by atoms with E-state index in [0.29, 0.717) is 29.2 Å². The van der Waals surface area contributed by atoms with Crippen LogP contribution in [0, 0.1) is 18.8 Å². The van der Waals surface area contributed by atoms with Gasteiger partial charge in [-0.15, -0.1) is 0 Å². The largest absolute Gasteiger partial charge is 0.329 e. The number of hydrogen-bond donors (Lipinski definition) is 2. The quantitative estimate of drug-likeness (QED) is 0.874. The number of carbonyl (C=O) groups is 3. The molecule has 1 saturated heterocycles. The molecule has 0 radical (unpaired) electrons. The highest BCUT2D eigenvalue weighted by molar-refractivity contribution is 6.31. The lowest BCUT2D eigenvalue weighted by Gasteiger charge is -2.34. The molecule has 2 aliphatic rings. The lowest BCUT2D eigenvalue weighted by atomic mass is 9.76. The first kappa shape index (κ1) is 15.7. The van der Waals surface area contributed by atoms with Gasteiger partial charge in [0.15, 0.2) is 0 Å². The van der Waals surface area contributed by atoms with Crippen LogP contribution in [0.2, 0.25) is 5.02 Å². The Balaban J connectivity index is 1.86. The van der Waals surface area contributed by atoms with Gasteiger partial charge in [-0.25, -0.2) is 0 Å². The monoisotopic (exact) mass is 332 g/mol. The van der Waals surface area contributed by atoms with Gasteiger partial charge in [0.05, 0.1) is 11.8 Å². The number of benzene rings is 1. The van der Waals surface area contributed by atoms with Crippen LogP contribution in [-0.2, 0) is 14.4 Å². The first-order chi connectivity index (χ1) is 11.0. The third-order valence-corrected chi connectivity index (χ3v) is 4.80. The summed E-state index contributed by atoms with van der Waals surface area (Å²) in [6.45, 7) is 1.81. The van der Waals surface area contributed by atoms with E-state index < -0.39 is 11.8 Å². The highest BCUT2D eigenvalue weighted by Gasteiger charge is 2.42. The summed E-state index contributed by atoms with van der Waals surface area (Å²) in [5.74, 6) is -1.78. The van der Waals surface area contributed by atoms with E-state index in [2.05, 4.69) is 10.6 Å². The summed E-state index contributed by atoms with van der Waals surface area (Å²) < 4.78 is 0. The molecule has 1 aromatic carbocycles. The number of amides is 2. The minimum Gasteiger partial charge on any atom is -0.329 e. The first-order valence-electron chi connectivity index (χ1n) is 7.56. The van der Waals surface area contributed by atoms with Crippen LogP contribution in [0.5, 0.6) is 0 Å². The maximum atomic E-state index is 12.7. The van der Waals surface area contributed by atoms with Crippen LogP contribution in [0.15, 0.2) is 30.0 Å². The standard InChI is InChI=1S/C17H17ClN2O3/c1-9-11(18)4-2-5-12(9)20-17(23)10-8-15(22)19-13-6-3-7-14(21)16(10)13/h2,4-6,10,16H,3,7-8H2,1H3,(H,19,22)(H,20,23)/t10-,16-/m1/s1. The molecule has 1 aliphatic heterocycles. The fourth-order valence-electron chi connectivity index (χ4n) is 3.14. The number of fused-ring (bicyclic) bond motifs is 1. The number of nitrogens with one attached hydrogen (secondary N) is 2. The summed E-state index contributed by atoms with van der Waals surface area (Å²) in [4.78, 5) is 36.7. The van der Waals surface area contributed by atoms with Gasteiger partial charge >= 0.3 is 0 Å². The molecule has 2 N–H and O–H groups in total. The Morgan fingerprint density at radius 2 is 2.13 bits per heavy atom. The van der Waals surface area contributed by atoms with Gasteiger partial charge in [0.2, 0.25) is 11.8 Å². The number of halogens is 1. The van der Waals surface area contributed by atoms with Crippen molar-refractivity contribution in [3.05, 3.63) is 40.6 Å². The number of piperidine rings is 1. The molecule has 0 spiro atoms. The van der Waals surface area contributed by atoms with Crippen LogP contribution in [0.1, 0.15) is 24.8 Å². The molecule has 0 aromatic heterocycles. The zero-order valence-electron chi connectivity index (χ0n) is 12.7. The molecule has 6 heteroatoms. The Morgan fingerprint density at radius 1 is 1.35 bits per heavy atom. The molecule has 1 fully saturated rings. The van der Waals surface area contributed by atoms with Crippen LogP contribution in [0.25, 0.3) is 0 Å². The maximum Gasteiger partial charge on any atom is 0.229 e. The highest BCUT2D eigenvalue weighted by atomic mass is 35.5. The topological polar surface area (TPSA) is 75.3 Å². The third-order valence-electron chi connectivity index (χ3n) is 4.39. The summed E-state index contributed by atoms with van der Waals surface area (Å²) in [7, 11) is 0. The van der Waals surface area contributed by atoms with Crippen molar-refractivity contribution in [1.82, 2.24) is 5.32 Å². The van der Waals surface area contributed by atoms with Crippen molar-refractivity contribution in [2.75, 3.05) is 5.32 Å². The van der Waals surface area contributed by atoms with Crippen LogP contribution in [-0.4, -0.2) is 17.6 Å². The zero-order valence-corrected chi connectivity index (χ0v) is 13.4. The van der Waals surface area contributed by atoms with Gasteiger partial charge in [0.1, 0.15) is 5.78 Å². The van der Waals surface area contributed by atoms with E-state index >= 15 is 0 Å². The fraction of sp³-hybridized carbons (Fsp3) is 0.353. The number of hydrogen-bond acceptors (Lipinski definition) is 3. The summed E-state index contributed by atoms with van der Waals surface area (Å²) in [5, 5.41) is 6.08. The van der Waals surface area contributed by atoms with Crippen molar-refractivity contribution in [3.8, 4) is 0 Å². The molecular formula is C17H17ClN2O3. The second-order valence-electron chi connectivity index (χ2n) is 5.90. The Kier molecular flexibility index (Phi) is 4.22. The summed E-state index contributed by atoms with van der Waals surface area (Å²) in [6, 6.07) is 5.24. The smallest absolute Gasteiger partial charge is 0.229 e. The van der Waals surface area contributed by atoms with E-state index in [4.69, 9.17) is 11.6 Å². The summed E-state index contributed by atoms with van der Waals surface area (Å²) in [5.41, 5.74) is 1.93. The van der Waals surface area contributed by atoms with E-state index in [0.717, 1.165) is 5.56 Å². The first-order valence-corrected chi connectivity index (χ1v) is 7.93. The molecule has 120 valence electrons. The van der Waals surface area contributed by atoms with Crippen LogP contribution in [0.4, 0.5) is 5.69 Å². The third kappa shape index (κ3) is 3.01. The molecule has 1 aromatic rings. The van der Waals surface area contributed by atoms with Gasteiger partial charge < -0.3 is 10.6 Å². The average molecular weight is 333 g/mol. The highest BCUT2D eigenvalue weighted by Crippen LogP contribution is 2.34. The van der Waals surface area contributed by atoms with Crippen molar-refractivity contribution in [1.29, 1.82) is 0 Å². The van der Waals surface area contributed by atoms with Crippen molar-refractivity contribution < 1.29 is 14.4 Å². The lowest BCUT2D eigenvalue weighted by molar-refractivity contribution is -0.135. The van der Waals surface area contributed by atoms with E-state index in [1.165, 1.54) is 0 Å². The van der Waals surface area contributed by atoms with Crippen LogP contribution >= 0.6 is 11.6 Å². The van der Waals surface area contributed by atoms with E-state index in [1.807, 2.05) is 13.0 Å². The Bertz CT molecular complexity index is 727. The lowest BCUT2D eigenvalue weighted by Crippen LogP contribution is -2.47. The van der Waals surface area contributed by atoms with Crippen molar-refractivity contribution >= 4 is 34.9 Å². The zero-order chi connectivity index (χ0) is 16.6. The predicted octanol–water partition coefficient (Wildman–Crippen LogP) is 2.59. The van der Waals surface area contributed by atoms with Gasteiger partial charge in [0, 0.05) is 29.2 Å². The van der Waals surface area contributed by atoms with Gasteiger partial charge in [0.25, 0.3) is 0 Å². The summed E-state index contributed by atoms with van der Waals surface area (Å²) in [6.07, 6.45) is 2.87. The Hall–Kier alpha value is -2.14. The van der Waals surface area contributed by atoms with Crippen molar-refractivity contribution in [2.45, 2.75) is 26.2 Å². The van der Waals surface area contributed by atoms with Gasteiger partial charge in [-0.05, 0) is 31.0 Å². The van der Waals surface area contributed by atoms with Crippen molar-refractivity contribution in [3.63, 3.8) is 0 Å². The number of allylic oxidation sites excluding steroid dienone is 2. The molecular weight excluding hydrogens is 316 g/mol. The Labute approximate surface area is 139 Å². The SMILES string of the molecule is Cc1c(Cl)cccc1NC(=O)[C@@H]1CC(=O)NC2=CCCC(=O)[C@@H]21. The van der Waals surface area contributed by atoms with Gasteiger partial charge in [-0.1, -0.05) is 23.7 Å². The number of anilines is 1. The average Bonchev–Trinajstić information content (AvgIpc) is 2.51. The molecule has 0 saturated carbocycles.